The van der Waals surface area contributed by atoms with E-state index >= 15 is 0 Å². The number of nitrogens with one attached hydrogen (secondary N) is 1. The Bertz CT molecular complexity index is 932. The van der Waals surface area contributed by atoms with Crippen molar-refractivity contribution in [3.63, 3.8) is 0 Å². The predicted octanol–water partition coefficient (Wildman–Crippen LogP) is 3.42. The molecule has 0 aliphatic carbocycles. The van der Waals surface area contributed by atoms with Gasteiger partial charge in [0.1, 0.15) is 7.85 Å². The standard InChI is InChI=1S/C20H16BNO/c1-12-6-7-14(10-18(12)21)17-11-19(23)22-20-15-5-3-2-4-13(15)8-9-16(17)20/h2-10,17H,11H2,1H3,(H,22,23). The van der Waals surface area contributed by atoms with E-state index in [0.29, 0.717) is 6.42 Å². The minimum absolute atomic E-state index is 0.0475. The van der Waals surface area contributed by atoms with Gasteiger partial charge in [-0.05, 0) is 23.4 Å². The number of benzene rings is 3. The number of carbonyl (C=O) groups excluding carboxylic acids is 1. The highest BCUT2D eigenvalue weighted by Crippen LogP contribution is 2.40. The van der Waals surface area contributed by atoms with Gasteiger partial charge in [-0.25, -0.2) is 0 Å². The molecular formula is C20H16BNO. The van der Waals surface area contributed by atoms with Crippen molar-refractivity contribution in [2.75, 3.05) is 5.32 Å². The monoisotopic (exact) mass is 297 g/mol. The third kappa shape index (κ3) is 2.33. The predicted molar refractivity (Wildman–Crippen MR) is 95.6 cm³/mol. The average Bonchev–Trinajstić information content (AvgIpc) is 2.56. The van der Waals surface area contributed by atoms with Crippen LogP contribution in [0.15, 0.2) is 54.6 Å². The van der Waals surface area contributed by atoms with Crippen LogP contribution in [-0.4, -0.2) is 13.8 Å². The normalized spacial score (nSPS) is 16.9. The summed E-state index contributed by atoms with van der Waals surface area (Å²) in [4.78, 5) is 12.3. The SMILES string of the molecule is [B]c1cc(C2CC(=O)Nc3c2ccc2ccccc32)ccc1C. The van der Waals surface area contributed by atoms with Gasteiger partial charge in [-0.2, -0.15) is 0 Å². The molecule has 3 aromatic carbocycles. The molecular weight excluding hydrogens is 281 g/mol. The summed E-state index contributed by atoms with van der Waals surface area (Å²) in [5.41, 5.74) is 5.03. The molecule has 0 saturated carbocycles. The van der Waals surface area contributed by atoms with Gasteiger partial charge in [-0.3, -0.25) is 4.79 Å². The molecule has 1 unspecified atom stereocenters. The molecule has 1 aliphatic heterocycles. The summed E-state index contributed by atoms with van der Waals surface area (Å²) in [5, 5.41) is 5.28. The van der Waals surface area contributed by atoms with Crippen molar-refractivity contribution in [3.8, 4) is 0 Å². The van der Waals surface area contributed by atoms with E-state index in [1.165, 1.54) is 0 Å². The maximum Gasteiger partial charge on any atom is 0.225 e. The Morgan fingerprint density at radius 3 is 2.74 bits per heavy atom. The topological polar surface area (TPSA) is 29.1 Å². The number of amides is 1. The first-order valence-corrected chi connectivity index (χ1v) is 7.81. The van der Waals surface area contributed by atoms with Crippen LogP contribution < -0.4 is 10.8 Å². The van der Waals surface area contributed by atoms with Crippen LogP contribution in [0, 0.1) is 6.92 Å². The first-order valence-electron chi connectivity index (χ1n) is 7.81. The van der Waals surface area contributed by atoms with Crippen molar-refractivity contribution in [1.29, 1.82) is 0 Å². The second-order valence-corrected chi connectivity index (χ2v) is 6.17. The molecule has 1 aliphatic rings. The number of hydrogen-bond donors (Lipinski definition) is 1. The Kier molecular flexibility index (Phi) is 3.23. The molecule has 3 aromatic rings. The minimum Gasteiger partial charge on any atom is -0.325 e. The first kappa shape index (κ1) is 14.1. The smallest absolute Gasteiger partial charge is 0.225 e. The second kappa shape index (κ2) is 5.27. The molecule has 23 heavy (non-hydrogen) atoms. The molecule has 0 bridgehead atoms. The Balaban J connectivity index is 1.92. The summed E-state index contributed by atoms with van der Waals surface area (Å²) < 4.78 is 0. The van der Waals surface area contributed by atoms with Crippen LogP contribution in [0.3, 0.4) is 0 Å². The van der Waals surface area contributed by atoms with Crippen LogP contribution in [0.25, 0.3) is 10.8 Å². The van der Waals surface area contributed by atoms with Crippen molar-refractivity contribution < 1.29 is 4.79 Å². The van der Waals surface area contributed by atoms with Crippen molar-refractivity contribution >= 4 is 35.7 Å². The zero-order valence-corrected chi connectivity index (χ0v) is 13.0. The Morgan fingerprint density at radius 2 is 1.91 bits per heavy atom. The van der Waals surface area contributed by atoms with E-state index in [4.69, 9.17) is 7.85 Å². The van der Waals surface area contributed by atoms with Gasteiger partial charge >= 0.3 is 0 Å². The lowest BCUT2D eigenvalue weighted by Crippen LogP contribution is -2.24. The van der Waals surface area contributed by atoms with E-state index in [1.54, 1.807) is 0 Å². The molecule has 0 saturated heterocycles. The van der Waals surface area contributed by atoms with Crippen molar-refractivity contribution in [2.24, 2.45) is 0 Å². The quantitative estimate of drug-likeness (QED) is 0.685. The minimum atomic E-state index is 0.0475. The zero-order valence-electron chi connectivity index (χ0n) is 13.0. The van der Waals surface area contributed by atoms with E-state index < -0.39 is 0 Å². The maximum absolute atomic E-state index is 12.3. The number of fused-ring (bicyclic) bond motifs is 3. The summed E-state index contributed by atoms with van der Waals surface area (Å²) in [5.74, 6) is 0.101. The Hall–Kier alpha value is -2.55. The third-order valence-corrected chi connectivity index (χ3v) is 4.70. The van der Waals surface area contributed by atoms with Crippen molar-refractivity contribution in [2.45, 2.75) is 19.3 Å². The van der Waals surface area contributed by atoms with Crippen LogP contribution in [0.4, 0.5) is 5.69 Å². The second-order valence-electron chi connectivity index (χ2n) is 6.17. The number of aryl methyl sites for hydroxylation is 1. The molecule has 0 fully saturated rings. The van der Waals surface area contributed by atoms with Gasteiger partial charge in [-0.1, -0.05) is 65.6 Å². The zero-order chi connectivity index (χ0) is 16.0. The number of hydrogen-bond acceptors (Lipinski definition) is 1. The summed E-state index contributed by atoms with van der Waals surface area (Å²) in [6.45, 7) is 1.99. The molecule has 0 spiro atoms. The Labute approximate surface area is 136 Å². The molecule has 3 heteroatoms. The lowest BCUT2D eigenvalue weighted by atomic mass is 9.80. The lowest BCUT2D eigenvalue weighted by molar-refractivity contribution is -0.116. The average molecular weight is 297 g/mol. The van der Waals surface area contributed by atoms with Crippen LogP contribution in [0.1, 0.15) is 29.0 Å². The molecule has 4 rings (SSSR count). The van der Waals surface area contributed by atoms with Crippen LogP contribution in [0.5, 0.6) is 0 Å². The van der Waals surface area contributed by atoms with Crippen LogP contribution >= 0.6 is 0 Å². The van der Waals surface area contributed by atoms with E-state index in [-0.39, 0.29) is 11.8 Å². The maximum atomic E-state index is 12.3. The fourth-order valence-electron chi connectivity index (χ4n) is 3.38. The molecule has 1 atom stereocenters. The van der Waals surface area contributed by atoms with Gasteiger partial charge in [-0.15, -0.1) is 0 Å². The fourth-order valence-corrected chi connectivity index (χ4v) is 3.38. The van der Waals surface area contributed by atoms with Crippen molar-refractivity contribution in [3.05, 3.63) is 71.3 Å². The van der Waals surface area contributed by atoms with Gasteiger partial charge in [0.05, 0.1) is 5.69 Å². The number of rotatable bonds is 1. The van der Waals surface area contributed by atoms with Gasteiger partial charge in [0.25, 0.3) is 0 Å². The highest BCUT2D eigenvalue weighted by molar-refractivity contribution is 6.33. The largest absolute Gasteiger partial charge is 0.325 e. The highest BCUT2D eigenvalue weighted by atomic mass is 16.1. The number of carbonyl (C=O) groups is 1. The van der Waals surface area contributed by atoms with Crippen LogP contribution in [0.2, 0.25) is 0 Å². The molecule has 2 radical (unpaired) electrons. The Morgan fingerprint density at radius 1 is 1.09 bits per heavy atom. The van der Waals surface area contributed by atoms with Crippen LogP contribution in [-0.2, 0) is 4.79 Å². The number of anilines is 1. The molecule has 2 nitrogen and oxygen atoms in total. The molecule has 1 amide bonds. The summed E-state index contributed by atoms with van der Waals surface area (Å²) >= 11 is 0. The van der Waals surface area contributed by atoms with E-state index in [2.05, 4.69) is 35.6 Å². The van der Waals surface area contributed by atoms with Crippen molar-refractivity contribution in [1.82, 2.24) is 0 Å². The highest BCUT2D eigenvalue weighted by Gasteiger charge is 2.27. The molecule has 110 valence electrons. The summed E-state index contributed by atoms with van der Waals surface area (Å²) in [6, 6.07) is 18.5. The third-order valence-electron chi connectivity index (χ3n) is 4.70. The molecule has 1 N–H and O–H groups in total. The van der Waals surface area contributed by atoms with Gasteiger partial charge in [0.2, 0.25) is 5.91 Å². The lowest BCUT2D eigenvalue weighted by Gasteiger charge is -2.27. The van der Waals surface area contributed by atoms with E-state index in [0.717, 1.165) is 38.6 Å². The van der Waals surface area contributed by atoms with E-state index in [9.17, 15) is 4.79 Å². The summed E-state index contributed by atoms with van der Waals surface area (Å²) in [7, 11) is 6.07. The first-order chi connectivity index (χ1) is 11.1. The van der Waals surface area contributed by atoms with E-state index in [1.807, 2.05) is 31.2 Å². The summed E-state index contributed by atoms with van der Waals surface area (Å²) in [6.07, 6.45) is 0.452. The van der Waals surface area contributed by atoms with Gasteiger partial charge in [0, 0.05) is 17.7 Å². The fraction of sp³-hybridized carbons (Fsp3) is 0.150. The molecule has 1 heterocycles. The van der Waals surface area contributed by atoms with Gasteiger partial charge in [0.15, 0.2) is 0 Å². The molecule has 0 aromatic heterocycles. The van der Waals surface area contributed by atoms with Gasteiger partial charge < -0.3 is 5.32 Å².